The summed E-state index contributed by atoms with van der Waals surface area (Å²) in [5, 5.41) is 5.06. The molecule has 0 fully saturated rings. The molecule has 1 aromatic heterocycles. The van der Waals surface area contributed by atoms with Crippen LogP contribution in [0.25, 0.3) is 43.8 Å². The predicted octanol–water partition coefficient (Wildman–Crippen LogP) is 5.65. The fourth-order valence-electron chi connectivity index (χ4n) is 4.21. The molecule has 0 bridgehead atoms. The minimum atomic E-state index is 1.05. The van der Waals surface area contributed by atoms with Gasteiger partial charge in [0.05, 0.1) is 5.39 Å². The second-order valence-electron chi connectivity index (χ2n) is 7.21. The number of aromatic nitrogens is 2. The second kappa shape index (κ2) is 5.88. The molecule has 0 saturated heterocycles. The third kappa shape index (κ3) is 2.26. The maximum absolute atomic E-state index is 5.20. The molecule has 2 nitrogen and oxygen atoms in total. The zero-order valence-electron chi connectivity index (χ0n) is 15.8. The van der Waals surface area contributed by atoms with E-state index in [4.69, 9.17) is 4.98 Å². The Morgan fingerprint density at radius 3 is 2.15 bits per heavy atom. The highest BCUT2D eigenvalue weighted by molar-refractivity contribution is 6.23. The van der Waals surface area contributed by atoms with E-state index in [2.05, 4.69) is 92.2 Å². The smallest absolute Gasteiger partial charge is 0.234 e. The summed E-state index contributed by atoms with van der Waals surface area (Å²) in [7, 11) is 2.16. The van der Waals surface area contributed by atoms with Gasteiger partial charge in [0.15, 0.2) is 0 Å². The molecule has 0 N–H and O–H groups in total. The number of hydrogen-bond acceptors (Lipinski definition) is 1. The zero-order valence-corrected chi connectivity index (χ0v) is 15.8. The molecule has 5 rings (SSSR count). The van der Waals surface area contributed by atoms with E-state index in [1.54, 1.807) is 0 Å². The molecular formula is C25H21N2+. The van der Waals surface area contributed by atoms with Gasteiger partial charge >= 0.3 is 0 Å². The molecule has 0 amide bonds. The number of fused-ring (bicyclic) bond motifs is 6. The van der Waals surface area contributed by atoms with Gasteiger partial charge in [-0.2, -0.15) is 4.57 Å². The average Bonchev–Trinajstić information content (AvgIpc) is 2.71. The van der Waals surface area contributed by atoms with Crippen LogP contribution in [0.1, 0.15) is 11.3 Å². The van der Waals surface area contributed by atoms with Gasteiger partial charge in [-0.1, -0.05) is 72.8 Å². The van der Waals surface area contributed by atoms with Crippen molar-refractivity contribution in [2.45, 2.75) is 13.8 Å². The summed E-state index contributed by atoms with van der Waals surface area (Å²) in [6.07, 6.45) is 0. The van der Waals surface area contributed by atoms with Crippen molar-refractivity contribution in [3.63, 3.8) is 0 Å². The van der Waals surface area contributed by atoms with E-state index in [1.807, 2.05) is 6.07 Å². The number of benzene rings is 4. The lowest BCUT2D eigenvalue weighted by atomic mass is 9.96. The molecule has 5 aromatic rings. The molecule has 0 aliphatic carbocycles. The van der Waals surface area contributed by atoms with Crippen molar-refractivity contribution in [1.82, 2.24) is 4.98 Å². The summed E-state index contributed by atoms with van der Waals surface area (Å²) in [5.41, 5.74) is 6.93. The van der Waals surface area contributed by atoms with E-state index in [1.165, 1.54) is 38.3 Å². The summed E-state index contributed by atoms with van der Waals surface area (Å²) in [5.74, 6) is 0. The van der Waals surface area contributed by atoms with Gasteiger partial charge in [-0.3, -0.25) is 0 Å². The SMILES string of the molecule is Cc1cccc2c3ccccc3c3nc(-c4ccccc4)c(C)[n+](C)c3c12. The average molecular weight is 349 g/mol. The van der Waals surface area contributed by atoms with E-state index in [0.717, 1.165) is 16.8 Å². The van der Waals surface area contributed by atoms with Crippen LogP contribution < -0.4 is 4.57 Å². The normalized spacial score (nSPS) is 11.5. The highest BCUT2D eigenvalue weighted by atomic mass is 15.0. The zero-order chi connectivity index (χ0) is 18.5. The van der Waals surface area contributed by atoms with Crippen molar-refractivity contribution < 1.29 is 4.57 Å². The lowest BCUT2D eigenvalue weighted by molar-refractivity contribution is -0.650. The molecule has 0 atom stereocenters. The Hall–Kier alpha value is -3.26. The van der Waals surface area contributed by atoms with Crippen LogP contribution in [0, 0.1) is 13.8 Å². The van der Waals surface area contributed by atoms with E-state index >= 15 is 0 Å². The molecule has 0 aliphatic heterocycles. The predicted molar refractivity (Wildman–Crippen MR) is 113 cm³/mol. The fourth-order valence-corrected chi connectivity index (χ4v) is 4.21. The maximum atomic E-state index is 5.20. The summed E-state index contributed by atoms with van der Waals surface area (Å²) < 4.78 is 2.31. The molecule has 1 heterocycles. The topological polar surface area (TPSA) is 16.8 Å². The van der Waals surface area contributed by atoms with Crippen molar-refractivity contribution in [3.05, 3.63) is 84.1 Å². The molecule has 0 radical (unpaired) electrons. The van der Waals surface area contributed by atoms with E-state index in [9.17, 15) is 0 Å². The molecule has 0 saturated carbocycles. The van der Waals surface area contributed by atoms with Crippen LogP contribution in [0.3, 0.4) is 0 Å². The molecule has 27 heavy (non-hydrogen) atoms. The Morgan fingerprint density at radius 2 is 1.37 bits per heavy atom. The minimum absolute atomic E-state index is 1.05. The number of aryl methyl sites for hydroxylation is 2. The van der Waals surface area contributed by atoms with Crippen LogP contribution in [-0.2, 0) is 7.05 Å². The summed E-state index contributed by atoms with van der Waals surface area (Å²) in [4.78, 5) is 5.20. The largest absolute Gasteiger partial charge is 0.240 e. The number of hydrogen-bond donors (Lipinski definition) is 0. The summed E-state index contributed by atoms with van der Waals surface area (Å²) in [6.45, 7) is 4.35. The van der Waals surface area contributed by atoms with Gasteiger partial charge in [0.2, 0.25) is 11.2 Å². The third-order valence-electron chi connectivity index (χ3n) is 5.66. The lowest BCUT2D eigenvalue weighted by Gasteiger charge is -2.13. The number of rotatable bonds is 1. The highest BCUT2D eigenvalue weighted by Crippen LogP contribution is 2.35. The van der Waals surface area contributed by atoms with Gasteiger partial charge in [-0.25, -0.2) is 4.98 Å². The Bertz CT molecular complexity index is 1340. The summed E-state index contributed by atoms with van der Waals surface area (Å²) >= 11 is 0. The summed E-state index contributed by atoms with van der Waals surface area (Å²) in [6, 6.07) is 25.6. The van der Waals surface area contributed by atoms with Crippen LogP contribution in [0.4, 0.5) is 0 Å². The number of nitrogens with zero attached hydrogens (tertiary/aromatic N) is 2. The van der Waals surface area contributed by atoms with Crippen molar-refractivity contribution in [2.24, 2.45) is 7.05 Å². The van der Waals surface area contributed by atoms with Crippen LogP contribution in [-0.4, -0.2) is 4.98 Å². The Labute approximate surface area is 158 Å². The quantitative estimate of drug-likeness (QED) is 0.282. The van der Waals surface area contributed by atoms with Crippen LogP contribution in [0.2, 0.25) is 0 Å². The van der Waals surface area contributed by atoms with Crippen molar-refractivity contribution >= 4 is 32.6 Å². The van der Waals surface area contributed by atoms with Crippen LogP contribution in [0.5, 0.6) is 0 Å². The van der Waals surface area contributed by atoms with Gasteiger partial charge in [0.1, 0.15) is 18.3 Å². The molecule has 130 valence electrons. The first-order valence-electron chi connectivity index (χ1n) is 9.32. The van der Waals surface area contributed by atoms with E-state index < -0.39 is 0 Å². The maximum Gasteiger partial charge on any atom is 0.240 e. The first kappa shape index (κ1) is 16.0. The van der Waals surface area contributed by atoms with Crippen molar-refractivity contribution in [1.29, 1.82) is 0 Å². The van der Waals surface area contributed by atoms with Gasteiger partial charge in [0, 0.05) is 17.9 Å². The Kier molecular flexibility index (Phi) is 3.48. The molecule has 0 unspecified atom stereocenters. The molecule has 4 aromatic carbocycles. The van der Waals surface area contributed by atoms with Crippen molar-refractivity contribution in [2.75, 3.05) is 0 Å². The Balaban J connectivity index is 2.08. The Morgan fingerprint density at radius 1 is 0.704 bits per heavy atom. The second-order valence-corrected chi connectivity index (χ2v) is 7.21. The molecule has 0 spiro atoms. The standard InChI is InChI=1S/C25H21N2/c1-16-10-9-15-20-19-13-7-8-14-21(19)24-25(22(16)20)27(3)17(2)23(26-24)18-11-5-4-6-12-18/h4-15H,1-3H3/q+1. The van der Waals surface area contributed by atoms with Crippen LogP contribution in [0.15, 0.2) is 72.8 Å². The van der Waals surface area contributed by atoms with E-state index in [-0.39, 0.29) is 0 Å². The van der Waals surface area contributed by atoms with Gasteiger partial charge in [-0.15, -0.1) is 0 Å². The molecule has 0 aliphatic rings. The first-order valence-corrected chi connectivity index (χ1v) is 9.32. The minimum Gasteiger partial charge on any atom is -0.234 e. The van der Waals surface area contributed by atoms with Gasteiger partial charge in [-0.05, 0) is 23.3 Å². The van der Waals surface area contributed by atoms with E-state index in [0.29, 0.717) is 0 Å². The lowest BCUT2D eigenvalue weighted by Crippen LogP contribution is -2.34. The first-order chi connectivity index (χ1) is 13.2. The molecule has 2 heteroatoms. The highest BCUT2D eigenvalue weighted by Gasteiger charge is 2.23. The van der Waals surface area contributed by atoms with Gasteiger partial charge in [0.25, 0.3) is 0 Å². The van der Waals surface area contributed by atoms with Crippen LogP contribution >= 0.6 is 0 Å². The monoisotopic (exact) mass is 349 g/mol. The third-order valence-corrected chi connectivity index (χ3v) is 5.66. The molecular weight excluding hydrogens is 328 g/mol. The van der Waals surface area contributed by atoms with Gasteiger partial charge < -0.3 is 0 Å². The fraction of sp³-hybridized carbons (Fsp3) is 0.120. The van der Waals surface area contributed by atoms with Crippen molar-refractivity contribution in [3.8, 4) is 11.3 Å².